The molecule has 0 aliphatic heterocycles. The van der Waals surface area contributed by atoms with E-state index in [0.29, 0.717) is 73.6 Å². The third kappa shape index (κ3) is 14.6. The Morgan fingerprint density at radius 2 is 1.11 bits per heavy atom. The summed E-state index contributed by atoms with van der Waals surface area (Å²) in [6.07, 6.45) is 2.91. The molecule has 0 saturated heterocycles. The monoisotopic (exact) mass is 738 g/mol. The van der Waals surface area contributed by atoms with Crippen LogP contribution in [-0.2, 0) is 44.5 Å². The van der Waals surface area contributed by atoms with Gasteiger partial charge in [-0.3, -0.25) is 0 Å². The second-order valence-electron chi connectivity index (χ2n) is 13.7. The van der Waals surface area contributed by atoms with E-state index >= 15 is 0 Å². The van der Waals surface area contributed by atoms with Crippen LogP contribution in [0.2, 0.25) is 0 Å². The molecule has 0 spiro atoms. The third-order valence-electron chi connectivity index (χ3n) is 9.16. The zero-order valence-electron chi connectivity index (χ0n) is 32.2. The van der Waals surface area contributed by atoms with Gasteiger partial charge in [0.25, 0.3) is 0 Å². The number of hydrogen-bond donors (Lipinski definition) is 2. The van der Waals surface area contributed by atoms with Crippen molar-refractivity contribution in [3.63, 3.8) is 0 Å². The van der Waals surface area contributed by atoms with Gasteiger partial charge in [-0.1, -0.05) is 51.3 Å². The van der Waals surface area contributed by atoms with E-state index < -0.39 is 47.3 Å². The molecule has 0 heterocycles. The minimum atomic E-state index is -0.835. The van der Waals surface area contributed by atoms with Gasteiger partial charge < -0.3 is 33.9 Å². The summed E-state index contributed by atoms with van der Waals surface area (Å²) in [6.45, 7) is 18.3. The fourth-order valence-electron chi connectivity index (χ4n) is 5.36. The van der Waals surface area contributed by atoms with E-state index in [9.17, 15) is 29.4 Å². The lowest BCUT2D eigenvalue weighted by molar-refractivity contribution is -0.155. The van der Waals surface area contributed by atoms with Crippen LogP contribution in [0, 0.1) is 0 Å². The lowest BCUT2D eigenvalue weighted by atomic mass is 9.87. The minimum absolute atomic E-state index is 0.147. The summed E-state index contributed by atoms with van der Waals surface area (Å²) in [4.78, 5) is 48.6. The van der Waals surface area contributed by atoms with Gasteiger partial charge in [0.05, 0.1) is 48.3 Å². The van der Waals surface area contributed by atoms with Crippen LogP contribution in [0.1, 0.15) is 125 Å². The van der Waals surface area contributed by atoms with Gasteiger partial charge in [-0.2, -0.15) is 0 Å². The van der Waals surface area contributed by atoms with Gasteiger partial charge in [0.15, 0.2) is 0 Å². The molecule has 292 valence electrons. The highest BCUT2D eigenvalue weighted by Crippen LogP contribution is 2.40. The molecular formula is C42H58O11. The third-order valence-corrected chi connectivity index (χ3v) is 9.16. The van der Waals surface area contributed by atoms with Crippen molar-refractivity contribution in [2.45, 2.75) is 116 Å². The lowest BCUT2D eigenvalue weighted by Gasteiger charge is -2.40. The maximum absolute atomic E-state index is 12.9. The zero-order chi connectivity index (χ0) is 39.6. The Balaban J connectivity index is 1.96. The van der Waals surface area contributed by atoms with Crippen LogP contribution in [-0.4, -0.2) is 72.7 Å². The van der Waals surface area contributed by atoms with Gasteiger partial charge in [0, 0.05) is 11.1 Å². The van der Waals surface area contributed by atoms with Crippen LogP contribution in [0.5, 0.6) is 0 Å². The van der Waals surface area contributed by atoms with Crippen molar-refractivity contribution in [1.29, 1.82) is 0 Å². The predicted molar refractivity (Wildman–Crippen MR) is 201 cm³/mol. The molecule has 0 radical (unpaired) electrons. The Bertz CT molecular complexity index is 1510. The normalized spacial score (nSPS) is 14.5. The quantitative estimate of drug-likeness (QED) is 0.0484. The Kier molecular flexibility index (Phi) is 18.6. The number of rotatable bonds is 24. The largest absolute Gasteiger partial charge is 0.462 e. The van der Waals surface area contributed by atoms with Crippen molar-refractivity contribution in [3.05, 3.63) is 95.1 Å². The number of ether oxygens (including phenoxy) is 5. The minimum Gasteiger partial charge on any atom is -0.462 e. The first-order chi connectivity index (χ1) is 25.1. The molecule has 0 saturated carbocycles. The molecule has 0 bridgehead atoms. The number of aliphatic hydroxyl groups excluding tert-OH is 2. The zero-order valence-corrected chi connectivity index (χ0v) is 32.2. The second-order valence-corrected chi connectivity index (χ2v) is 13.7. The molecule has 11 nitrogen and oxygen atoms in total. The fourth-order valence-corrected chi connectivity index (χ4v) is 5.36. The van der Waals surface area contributed by atoms with E-state index in [-0.39, 0.29) is 26.4 Å². The summed E-state index contributed by atoms with van der Waals surface area (Å²) in [6, 6.07) is 14.1. The number of benzene rings is 2. The average molecular weight is 739 g/mol. The second kappa shape index (κ2) is 22.0. The van der Waals surface area contributed by atoms with E-state index in [4.69, 9.17) is 23.7 Å². The Labute approximate surface area is 314 Å². The number of hydrogen-bond acceptors (Lipinski definition) is 11. The Hall–Kier alpha value is -4.32. The van der Waals surface area contributed by atoms with Gasteiger partial charge in [-0.05, 0) is 114 Å². The Morgan fingerprint density at radius 3 is 1.53 bits per heavy atom. The molecule has 4 atom stereocenters. The summed E-state index contributed by atoms with van der Waals surface area (Å²) in [5.41, 5.74) is 1.64. The van der Waals surface area contributed by atoms with E-state index in [1.807, 2.05) is 52.0 Å². The standard InChI is InChI=1S/C42H58O11/c1-9-41(7,33-21-17-31(18-22-33)39(47)51-28-35(44)15-11-13-25-49-37(45)29(3)4)53-42(8,10-2)34-23-19-32(20-24-34)40(48)52-36(27-43)16-12-14-26-50-38(46)30(5)6/h17-24,35-36,43-44H,3,5,9-16,25-28H2,1-2,4,6-8H3. The highest BCUT2D eigenvalue weighted by atomic mass is 16.6. The summed E-state index contributed by atoms with van der Waals surface area (Å²) in [5, 5.41) is 20.0. The van der Waals surface area contributed by atoms with E-state index in [1.54, 1.807) is 38.1 Å². The molecule has 2 aromatic carbocycles. The van der Waals surface area contributed by atoms with Crippen molar-refractivity contribution in [3.8, 4) is 0 Å². The van der Waals surface area contributed by atoms with Crippen LogP contribution in [0.4, 0.5) is 0 Å². The van der Waals surface area contributed by atoms with Crippen LogP contribution in [0.25, 0.3) is 0 Å². The van der Waals surface area contributed by atoms with Crippen LogP contribution in [0.3, 0.4) is 0 Å². The smallest absolute Gasteiger partial charge is 0.338 e. The summed E-state index contributed by atoms with van der Waals surface area (Å²) < 4.78 is 27.9. The van der Waals surface area contributed by atoms with E-state index in [0.717, 1.165) is 11.1 Å². The van der Waals surface area contributed by atoms with Crippen LogP contribution < -0.4 is 0 Å². The molecule has 2 rings (SSSR count). The topological polar surface area (TPSA) is 155 Å². The van der Waals surface area contributed by atoms with Crippen molar-refractivity contribution >= 4 is 23.9 Å². The first-order valence-electron chi connectivity index (χ1n) is 18.3. The van der Waals surface area contributed by atoms with Crippen molar-refractivity contribution in [1.82, 2.24) is 0 Å². The first kappa shape index (κ1) is 44.8. The maximum atomic E-state index is 12.9. The van der Waals surface area contributed by atoms with Gasteiger partial charge >= 0.3 is 23.9 Å². The van der Waals surface area contributed by atoms with E-state index in [2.05, 4.69) is 13.2 Å². The molecule has 0 aromatic heterocycles. The summed E-state index contributed by atoms with van der Waals surface area (Å²) in [7, 11) is 0. The molecule has 4 unspecified atom stereocenters. The van der Waals surface area contributed by atoms with Gasteiger partial charge in [-0.15, -0.1) is 0 Å². The summed E-state index contributed by atoms with van der Waals surface area (Å²) in [5.74, 6) is -1.98. The SMILES string of the molecule is C=C(C)C(=O)OCCCCC(O)COC(=O)c1ccc(C(C)(CC)OC(C)(CC)c2ccc(C(=O)OC(CO)CCCCOC(=O)C(=C)C)cc2)cc1. The molecule has 0 aliphatic carbocycles. The van der Waals surface area contributed by atoms with Gasteiger partial charge in [0.1, 0.15) is 12.7 Å². The molecule has 53 heavy (non-hydrogen) atoms. The molecule has 2 N–H and O–H groups in total. The molecular weight excluding hydrogens is 680 g/mol. The number of carbonyl (C=O) groups excluding carboxylic acids is 4. The predicted octanol–water partition coefficient (Wildman–Crippen LogP) is 7.27. The number of carbonyl (C=O) groups is 4. The highest BCUT2D eigenvalue weighted by molar-refractivity contribution is 5.90. The Morgan fingerprint density at radius 1 is 0.679 bits per heavy atom. The maximum Gasteiger partial charge on any atom is 0.338 e. The van der Waals surface area contributed by atoms with Crippen molar-refractivity contribution < 1.29 is 53.1 Å². The molecule has 0 fully saturated rings. The molecule has 0 aliphatic rings. The molecule has 11 heteroatoms. The average Bonchev–Trinajstić information content (AvgIpc) is 3.15. The lowest BCUT2D eigenvalue weighted by Crippen LogP contribution is -2.37. The summed E-state index contributed by atoms with van der Waals surface area (Å²) >= 11 is 0. The van der Waals surface area contributed by atoms with Crippen molar-refractivity contribution in [2.75, 3.05) is 26.4 Å². The van der Waals surface area contributed by atoms with Crippen LogP contribution >= 0.6 is 0 Å². The molecule has 2 aromatic rings. The fraction of sp³-hybridized carbons (Fsp3) is 0.524. The van der Waals surface area contributed by atoms with Gasteiger partial charge in [-0.25, -0.2) is 19.2 Å². The van der Waals surface area contributed by atoms with E-state index in [1.165, 1.54) is 0 Å². The van der Waals surface area contributed by atoms with Gasteiger partial charge in [0.2, 0.25) is 0 Å². The number of esters is 4. The first-order valence-corrected chi connectivity index (χ1v) is 18.3. The highest BCUT2D eigenvalue weighted by Gasteiger charge is 2.37. The molecule has 0 amide bonds. The van der Waals surface area contributed by atoms with Crippen LogP contribution in [0.15, 0.2) is 72.8 Å². The number of aliphatic hydroxyl groups is 2. The van der Waals surface area contributed by atoms with Crippen molar-refractivity contribution in [2.24, 2.45) is 0 Å². The number of unbranched alkanes of at least 4 members (excludes halogenated alkanes) is 2.